The third-order valence-electron chi connectivity index (χ3n) is 5.54. The molecule has 0 saturated carbocycles. The summed E-state index contributed by atoms with van der Waals surface area (Å²) in [6.45, 7) is 0.157. The fourth-order valence-electron chi connectivity index (χ4n) is 3.81. The van der Waals surface area contributed by atoms with Gasteiger partial charge in [-0.25, -0.2) is 9.59 Å². The zero-order valence-corrected chi connectivity index (χ0v) is 18.4. The predicted molar refractivity (Wildman–Crippen MR) is 125 cm³/mol. The lowest BCUT2D eigenvalue weighted by molar-refractivity contribution is -0.140. The van der Waals surface area contributed by atoms with E-state index in [1.807, 2.05) is 84.9 Å². The minimum Gasteiger partial charge on any atom is -0.497 e. The summed E-state index contributed by atoms with van der Waals surface area (Å²) in [5, 5.41) is 5.72. The minimum atomic E-state index is -0.589. The number of nitrogens with one attached hydrogen (secondary N) is 2. The molecule has 1 aliphatic heterocycles. The lowest BCUT2D eigenvalue weighted by Crippen LogP contribution is -2.46. The molecule has 1 heterocycles. The van der Waals surface area contributed by atoms with Gasteiger partial charge in [0, 0.05) is 5.70 Å². The van der Waals surface area contributed by atoms with Gasteiger partial charge in [-0.05, 0) is 41.7 Å². The first-order valence-corrected chi connectivity index (χ1v) is 10.8. The second-order valence-corrected chi connectivity index (χ2v) is 7.74. The topological polar surface area (TPSA) is 76.7 Å². The molecule has 0 spiro atoms. The molecular weight excluding hydrogens is 416 g/mol. The Kier molecular flexibility index (Phi) is 7.05. The number of urea groups is 1. The maximum Gasteiger partial charge on any atom is 0.338 e. The van der Waals surface area contributed by atoms with Crippen LogP contribution in [0.2, 0.25) is 0 Å². The smallest absolute Gasteiger partial charge is 0.338 e. The Labute approximate surface area is 193 Å². The maximum absolute atomic E-state index is 13.3. The molecule has 1 unspecified atom stereocenters. The van der Waals surface area contributed by atoms with Gasteiger partial charge in [0.15, 0.2) is 0 Å². The van der Waals surface area contributed by atoms with Crippen molar-refractivity contribution in [2.45, 2.75) is 25.5 Å². The molecule has 2 N–H and O–H groups in total. The van der Waals surface area contributed by atoms with E-state index in [0.717, 1.165) is 22.4 Å². The molecule has 1 aliphatic rings. The Morgan fingerprint density at radius 2 is 1.52 bits per heavy atom. The number of amides is 2. The SMILES string of the molecule is COc1ccc(CCC2=C(C(=O)OCc3ccccc3)C(c3ccccc3)NC(=O)N2)cc1. The van der Waals surface area contributed by atoms with Crippen LogP contribution in [0.1, 0.15) is 29.2 Å². The molecule has 6 heteroatoms. The van der Waals surface area contributed by atoms with E-state index in [-0.39, 0.29) is 12.6 Å². The molecular formula is C27H26N2O4. The fraction of sp³-hybridized carbons (Fsp3) is 0.185. The molecule has 0 aliphatic carbocycles. The number of esters is 1. The number of hydrogen-bond acceptors (Lipinski definition) is 4. The second-order valence-electron chi connectivity index (χ2n) is 7.74. The normalized spacial score (nSPS) is 15.4. The fourth-order valence-corrected chi connectivity index (χ4v) is 3.81. The summed E-state index contributed by atoms with van der Waals surface area (Å²) >= 11 is 0. The molecule has 0 saturated heterocycles. The van der Waals surface area contributed by atoms with Crippen LogP contribution >= 0.6 is 0 Å². The predicted octanol–water partition coefficient (Wildman–Crippen LogP) is 4.68. The Balaban J connectivity index is 1.61. The van der Waals surface area contributed by atoms with E-state index in [1.54, 1.807) is 7.11 Å². The van der Waals surface area contributed by atoms with Crippen LogP contribution in [0.5, 0.6) is 5.75 Å². The number of ether oxygens (including phenoxy) is 2. The summed E-state index contributed by atoms with van der Waals surface area (Å²) in [5.41, 5.74) is 3.78. The number of methoxy groups -OCH3 is 1. The van der Waals surface area contributed by atoms with Crippen LogP contribution < -0.4 is 15.4 Å². The maximum atomic E-state index is 13.3. The highest BCUT2D eigenvalue weighted by Crippen LogP contribution is 2.30. The van der Waals surface area contributed by atoms with Gasteiger partial charge in [0.2, 0.25) is 0 Å². The summed E-state index contributed by atoms with van der Waals surface area (Å²) in [6.07, 6.45) is 1.13. The zero-order valence-electron chi connectivity index (χ0n) is 18.4. The van der Waals surface area contributed by atoms with E-state index >= 15 is 0 Å². The van der Waals surface area contributed by atoms with Gasteiger partial charge in [-0.1, -0.05) is 72.8 Å². The first-order chi connectivity index (χ1) is 16.1. The highest BCUT2D eigenvalue weighted by molar-refractivity contribution is 5.95. The Morgan fingerprint density at radius 3 is 2.18 bits per heavy atom. The van der Waals surface area contributed by atoms with E-state index in [0.29, 0.717) is 24.1 Å². The Bertz CT molecular complexity index is 1130. The van der Waals surface area contributed by atoms with Gasteiger partial charge >= 0.3 is 12.0 Å². The van der Waals surface area contributed by atoms with Crippen molar-refractivity contribution >= 4 is 12.0 Å². The standard InChI is InChI=1S/C27H26N2O4/c1-32-22-15-12-19(13-16-22)14-17-23-24(26(30)33-18-20-8-4-2-5-9-20)25(29-27(31)28-23)21-10-6-3-7-11-21/h2-13,15-16,25H,14,17-18H2,1H3,(H2,28,29,31). The second kappa shape index (κ2) is 10.5. The molecule has 1 atom stereocenters. The number of allylic oxidation sites excluding steroid dienone is 1. The summed E-state index contributed by atoms with van der Waals surface area (Å²) in [4.78, 5) is 25.8. The zero-order chi connectivity index (χ0) is 23.0. The summed E-state index contributed by atoms with van der Waals surface area (Å²) in [5.74, 6) is 0.326. The van der Waals surface area contributed by atoms with Crippen molar-refractivity contribution in [3.05, 3.63) is 113 Å². The van der Waals surface area contributed by atoms with Crippen molar-refractivity contribution in [3.8, 4) is 5.75 Å². The van der Waals surface area contributed by atoms with E-state index in [9.17, 15) is 9.59 Å². The highest BCUT2D eigenvalue weighted by atomic mass is 16.5. The van der Waals surface area contributed by atoms with Crippen molar-refractivity contribution in [2.24, 2.45) is 0 Å². The van der Waals surface area contributed by atoms with Gasteiger partial charge in [-0.2, -0.15) is 0 Å². The number of hydrogen-bond donors (Lipinski definition) is 2. The molecule has 6 nitrogen and oxygen atoms in total. The van der Waals surface area contributed by atoms with E-state index in [1.165, 1.54) is 0 Å². The van der Waals surface area contributed by atoms with Crippen LogP contribution in [0.3, 0.4) is 0 Å². The third-order valence-corrected chi connectivity index (χ3v) is 5.54. The van der Waals surface area contributed by atoms with Gasteiger partial charge in [0.1, 0.15) is 12.4 Å². The van der Waals surface area contributed by atoms with Crippen molar-refractivity contribution in [3.63, 3.8) is 0 Å². The molecule has 3 aromatic rings. The quantitative estimate of drug-likeness (QED) is 0.497. The molecule has 4 rings (SSSR count). The van der Waals surface area contributed by atoms with Crippen LogP contribution in [-0.2, 0) is 22.6 Å². The van der Waals surface area contributed by atoms with E-state index in [2.05, 4.69) is 10.6 Å². The summed E-state index contributed by atoms with van der Waals surface area (Å²) in [6, 6.07) is 25.8. The van der Waals surface area contributed by atoms with Gasteiger partial charge < -0.3 is 20.1 Å². The van der Waals surface area contributed by atoms with Crippen molar-refractivity contribution in [1.29, 1.82) is 0 Å². The number of carbonyl (C=O) groups excluding carboxylic acids is 2. The molecule has 168 valence electrons. The molecule has 0 bridgehead atoms. The first-order valence-electron chi connectivity index (χ1n) is 10.8. The number of aryl methyl sites for hydroxylation is 1. The van der Waals surface area contributed by atoms with Gasteiger partial charge in [-0.3, -0.25) is 0 Å². The minimum absolute atomic E-state index is 0.157. The number of benzene rings is 3. The summed E-state index contributed by atoms with van der Waals surface area (Å²) in [7, 11) is 1.63. The van der Waals surface area contributed by atoms with Crippen LogP contribution in [0, 0.1) is 0 Å². The third kappa shape index (κ3) is 5.60. The monoisotopic (exact) mass is 442 g/mol. The van der Waals surface area contributed by atoms with Crippen LogP contribution in [0.4, 0.5) is 4.79 Å². The average molecular weight is 443 g/mol. The van der Waals surface area contributed by atoms with Crippen molar-refractivity contribution < 1.29 is 19.1 Å². The van der Waals surface area contributed by atoms with Gasteiger partial charge in [0.05, 0.1) is 18.7 Å². The Hall–Kier alpha value is -4.06. The van der Waals surface area contributed by atoms with Crippen LogP contribution in [0.15, 0.2) is 96.2 Å². The van der Waals surface area contributed by atoms with Gasteiger partial charge in [0.25, 0.3) is 0 Å². The highest BCUT2D eigenvalue weighted by Gasteiger charge is 2.33. The molecule has 0 fully saturated rings. The molecule has 2 amide bonds. The molecule has 0 radical (unpaired) electrons. The molecule has 3 aromatic carbocycles. The van der Waals surface area contributed by atoms with E-state index < -0.39 is 12.0 Å². The number of rotatable bonds is 8. The first kappa shape index (κ1) is 22.1. The van der Waals surface area contributed by atoms with Crippen LogP contribution in [-0.4, -0.2) is 19.1 Å². The molecule has 33 heavy (non-hydrogen) atoms. The van der Waals surface area contributed by atoms with Crippen LogP contribution in [0.25, 0.3) is 0 Å². The van der Waals surface area contributed by atoms with E-state index in [4.69, 9.17) is 9.47 Å². The Morgan fingerprint density at radius 1 is 0.848 bits per heavy atom. The van der Waals surface area contributed by atoms with Crippen molar-refractivity contribution in [2.75, 3.05) is 7.11 Å². The number of carbonyl (C=O) groups is 2. The summed E-state index contributed by atoms with van der Waals surface area (Å²) < 4.78 is 10.9. The lowest BCUT2D eigenvalue weighted by Gasteiger charge is -2.29. The van der Waals surface area contributed by atoms with Gasteiger partial charge in [-0.15, -0.1) is 0 Å². The molecule has 0 aromatic heterocycles. The average Bonchev–Trinajstić information content (AvgIpc) is 2.87. The lowest BCUT2D eigenvalue weighted by atomic mass is 9.93. The largest absolute Gasteiger partial charge is 0.497 e. The van der Waals surface area contributed by atoms with Crippen molar-refractivity contribution in [1.82, 2.24) is 10.6 Å².